The van der Waals surface area contributed by atoms with Crippen molar-refractivity contribution in [3.05, 3.63) is 0 Å². The number of hydrogen-bond donors (Lipinski definition) is 0. The molecule has 0 aliphatic carbocycles. The summed E-state index contributed by atoms with van der Waals surface area (Å²) in [5.74, 6) is -0.0430. The number of carbonyl (C=O) groups is 1. The largest absolute Gasteiger partial charge is 0.466 e. The maximum atomic E-state index is 11.5. The van der Waals surface area contributed by atoms with E-state index in [-0.39, 0.29) is 5.97 Å². The van der Waals surface area contributed by atoms with Crippen LogP contribution < -0.4 is 0 Å². The zero-order valence-corrected chi connectivity index (χ0v) is 10.7. The summed E-state index contributed by atoms with van der Waals surface area (Å²) in [6.45, 7) is 6.82. The zero-order valence-electron chi connectivity index (χ0n) is 10.7. The van der Waals surface area contributed by atoms with E-state index in [2.05, 4.69) is 11.8 Å². The molecule has 0 saturated carbocycles. The van der Waals surface area contributed by atoms with E-state index in [0.717, 1.165) is 19.5 Å². The molecule has 0 amide bonds. The molecule has 1 aliphatic heterocycles. The highest BCUT2D eigenvalue weighted by Crippen LogP contribution is 2.16. The molecule has 1 saturated heterocycles. The number of likely N-dealkylation sites (tertiary alicyclic amines) is 1. The van der Waals surface area contributed by atoms with E-state index in [9.17, 15) is 4.79 Å². The summed E-state index contributed by atoms with van der Waals surface area (Å²) < 4.78 is 5.03. The van der Waals surface area contributed by atoms with E-state index in [1.807, 2.05) is 6.92 Å². The molecule has 94 valence electrons. The molecule has 0 bridgehead atoms. The fourth-order valence-corrected chi connectivity index (χ4v) is 2.40. The summed E-state index contributed by atoms with van der Waals surface area (Å²) in [7, 11) is 0. The molecule has 16 heavy (non-hydrogen) atoms. The molecule has 1 unspecified atom stereocenters. The molecule has 1 aliphatic rings. The molecule has 3 heteroatoms. The third kappa shape index (κ3) is 4.52. The molecule has 3 nitrogen and oxygen atoms in total. The summed E-state index contributed by atoms with van der Waals surface area (Å²) in [5.41, 5.74) is 0. The van der Waals surface area contributed by atoms with Gasteiger partial charge in [0.2, 0.25) is 0 Å². The normalized spacial score (nSPS) is 20.1. The third-order valence-electron chi connectivity index (χ3n) is 3.34. The van der Waals surface area contributed by atoms with Gasteiger partial charge in [0, 0.05) is 6.04 Å². The van der Waals surface area contributed by atoms with Crippen LogP contribution in [-0.4, -0.2) is 36.6 Å². The fourth-order valence-electron chi connectivity index (χ4n) is 2.40. The summed E-state index contributed by atoms with van der Waals surface area (Å²) in [6, 6.07) is 0.386. The molecule has 0 aromatic rings. The number of esters is 1. The summed E-state index contributed by atoms with van der Waals surface area (Å²) >= 11 is 0. The quantitative estimate of drug-likeness (QED) is 0.676. The standard InChI is InChI=1S/C13H25NO2/c1-3-12(11-13(15)16-4-2)14-9-7-5-6-8-10-14/h12H,3-11H2,1-2H3. The van der Waals surface area contributed by atoms with Crippen LogP contribution in [0.2, 0.25) is 0 Å². The second-order valence-electron chi connectivity index (χ2n) is 4.52. The van der Waals surface area contributed by atoms with Crippen LogP contribution in [-0.2, 0) is 9.53 Å². The lowest BCUT2D eigenvalue weighted by molar-refractivity contribution is -0.144. The molecule has 0 radical (unpaired) electrons. The van der Waals surface area contributed by atoms with Crippen LogP contribution in [0.5, 0.6) is 0 Å². The lowest BCUT2D eigenvalue weighted by Crippen LogP contribution is -2.37. The summed E-state index contributed by atoms with van der Waals surface area (Å²) in [5, 5.41) is 0. The Hall–Kier alpha value is -0.570. The number of rotatable bonds is 5. The number of carbonyl (C=O) groups excluding carboxylic acids is 1. The molecule has 0 spiro atoms. The van der Waals surface area contributed by atoms with E-state index in [0.29, 0.717) is 19.1 Å². The number of ether oxygens (including phenoxy) is 1. The lowest BCUT2D eigenvalue weighted by atomic mass is 10.1. The monoisotopic (exact) mass is 227 g/mol. The Labute approximate surface area is 99.1 Å². The maximum absolute atomic E-state index is 11.5. The van der Waals surface area contributed by atoms with Crippen LogP contribution in [0.15, 0.2) is 0 Å². The van der Waals surface area contributed by atoms with Gasteiger partial charge in [-0.05, 0) is 39.3 Å². The first-order valence-corrected chi connectivity index (χ1v) is 6.67. The van der Waals surface area contributed by atoms with Gasteiger partial charge in [-0.1, -0.05) is 19.8 Å². The molecular weight excluding hydrogens is 202 g/mol. The molecule has 0 N–H and O–H groups in total. The molecular formula is C13H25NO2. The van der Waals surface area contributed by atoms with Crippen LogP contribution in [0, 0.1) is 0 Å². The van der Waals surface area contributed by atoms with E-state index in [4.69, 9.17) is 4.74 Å². The van der Waals surface area contributed by atoms with Crippen LogP contribution in [0.4, 0.5) is 0 Å². The average Bonchev–Trinajstić information content (AvgIpc) is 2.55. The van der Waals surface area contributed by atoms with Crippen molar-refractivity contribution in [3.63, 3.8) is 0 Å². The van der Waals surface area contributed by atoms with Gasteiger partial charge in [0.05, 0.1) is 13.0 Å². The van der Waals surface area contributed by atoms with Crippen molar-refractivity contribution in [2.24, 2.45) is 0 Å². The Morgan fingerprint density at radius 3 is 2.31 bits per heavy atom. The first kappa shape index (κ1) is 13.5. The minimum absolute atomic E-state index is 0.0430. The maximum Gasteiger partial charge on any atom is 0.307 e. The van der Waals surface area contributed by atoms with Gasteiger partial charge in [-0.2, -0.15) is 0 Å². The Morgan fingerprint density at radius 2 is 1.81 bits per heavy atom. The Bertz CT molecular complexity index is 198. The first-order valence-electron chi connectivity index (χ1n) is 6.67. The minimum atomic E-state index is -0.0430. The van der Waals surface area contributed by atoms with Crippen molar-refractivity contribution in [2.45, 2.75) is 58.4 Å². The summed E-state index contributed by atoms with van der Waals surface area (Å²) in [4.78, 5) is 14.0. The van der Waals surface area contributed by atoms with Crippen molar-refractivity contribution in [3.8, 4) is 0 Å². The smallest absolute Gasteiger partial charge is 0.307 e. The fraction of sp³-hybridized carbons (Fsp3) is 0.923. The van der Waals surface area contributed by atoms with Gasteiger partial charge in [-0.3, -0.25) is 9.69 Å². The molecule has 1 heterocycles. The highest BCUT2D eigenvalue weighted by atomic mass is 16.5. The number of hydrogen-bond acceptors (Lipinski definition) is 3. The summed E-state index contributed by atoms with van der Waals surface area (Å²) in [6.07, 6.45) is 6.83. The minimum Gasteiger partial charge on any atom is -0.466 e. The Kier molecular flexibility index (Phi) is 6.46. The van der Waals surface area contributed by atoms with Gasteiger partial charge in [-0.25, -0.2) is 0 Å². The lowest BCUT2D eigenvalue weighted by Gasteiger charge is -2.29. The van der Waals surface area contributed by atoms with Crippen LogP contribution in [0.1, 0.15) is 52.4 Å². The molecule has 0 aromatic carbocycles. The molecule has 1 atom stereocenters. The molecule has 0 aromatic heterocycles. The zero-order chi connectivity index (χ0) is 11.8. The van der Waals surface area contributed by atoms with Gasteiger partial charge >= 0.3 is 5.97 Å². The van der Waals surface area contributed by atoms with Gasteiger partial charge in [0.1, 0.15) is 0 Å². The van der Waals surface area contributed by atoms with Gasteiger partial charge in [-0.15, -0.1) is 0 Å². The van der Waals surface area contributed by atoms with Crippen LogP contribution in [0.3, 0.4) is 0 Å². The average molecular weight is 227 g/mol. The number of nitrogens with zero attached hydrogens (tertiary/aromatic N) is 1. The predicted octanol–water partition coefficient (Wildman–Crippen LogP) is 2.59. The topological polar surface area (TPSA) is 29.5 Å². The SMILES string of the molecule is CCOC(=O)CC(CC)N1CCCCCC1. The van der Waals surface area contributed by atoms with Crippen molar-refractivity contribution in [1.82, 2.24) is 4.90 Å². The Morgan fingerprint density at radius 1 is 1.19 bits per heavy atom. The molecule has 1 fully saturated rings. The van der Waals surface area contributed by atoms with Crippen molar-refractivity contribution in [2.75, 3.05) is 19.7 Å². The third-order valence-corrected chi connectivity index (χ3v) is 3.34. The van der Waals surface area contributed by atoms with E-state index >= 15 is 0 Å². The van der Waals surface area contributed by atoms with Crippen molar-refractivity contribution in [1.29, 1.82) is 0 Å². The van der Waals surface area contributed by atoms with Crippen molar-refractivity contribution >= 4 is 5.97 Å². The second-order valence-corrected chi connectivity index (χ2v) is 4.52. The molecule has 1 rings (SSSR count). The first-order chi connectivity index (χ1) is 7.77. The highest BCUT2D eigenvalue weighted by Gasteiger charge is 2.21. The van der Waals surface area contributed by atoms with Gasteiger partial charge < -0.3 is 4.74 Å². The van der Waals surface area contributed by atoms with Gasteiger partial charge in [0.25, 0.3) is 0 Å². The highest BCUT2D eigenvalue weighted by molar-refractivity contribution is 5.70. The van der Waals surface area contributed by atoms with Crippen LogP contribution >= 0.6 is 0 Å². The van der Waals surface area contributed by atoms with E-state index < -0.39 is 0 Å². The van der Waals surface area contributed by atoms with Crippen LogP contribution in [0.25, 0.3) is 0 Å². The second kappa shape index (κ2) is 7.66. The van der Waals surface area contributed by atoms with Crippen molar-refractivity contribution < 1.29 is 9.53 Å². The Balaban J connectivity index is 2.41. The van der Waals surface area contributed by atoms with Gasteiger partial charge in [0.15, 0.2) is 0 Å². The van der Waals surface area contributed by atoms with E-state index in [1.165, 1.54) is 25.7 Å². The predicted molar refractivity (Wildman–Crippen MR) is 65.4 cm³/mol. The van der Waals surface area contributed by atoms with E-state index in [1.54, 1.807) is 0 Å².